The standard InChI is InChI=1S/C38H41N3O2S/c1-27(2)40(25-31-11-6-5-7-12-31)22-10-21-39-37(42)32-19-17-30(18-20-32)24-36-38(43)41(34-13-8-9-14-35(34)44-36)26-33-23-28(3)15-16-29(33)4/h5-9,11-20,23-24,27H,10,21-22,25-26H2,1-4H3,(H,39,42)/b36-24-. The Morgan fingerprint density at radius 2 is 1.66 bits per heavy atom. The summed E-state index contributed by atoms with van der Waals surface area (Å²) in [6, 6.07) is 32.8. The number of rotatable bonds is 11. The summed E-state index contributed by atoms with van der Waals surface area (Å²) in [4.78, 5) is 32.7. The van der Waals surface area contributed by atoms with E-state index in [1.54, 1.807) is 0 Å². The highest BCUT2D eigenvalue weighted by Gasteiger charge is 2.29. The molecule has 0 aliphatic carbocycles. The number of hydrogen-bond acceptors (Lipinski definition) is 4. The second kappa shape index (κ2) is 14.6. The minimum atomic E-state index is -0.0832. The van der Waals surface area contributed by atoms with Crippen molar-refractivity contribution in [2.45, 2.75) is 58.1 Å². The van der Waals surface area contributed by atoms with E-state index >= 15 is 0 Å². The molecule has 0 atom stereocenters. The molecular weight excluding hydrogens is 563 g/mol. The Labute approximate surface area is 266 Å². The Balaban J connectivity index is 1.21. The number of nitrogens with one attached hydrogen (secondary N) is 1. The van der Waals surface area contributed by atoms with Crippen molar-refractivity contribution >= 4 is 35.3 Å². The molecule has 4 aromatic carbocycles. The maximum atomic E-state index is 13.8. The second-order valence-corrected chi connectivity index (χ2v) is 12.8. The van der Waals surface area contributed by atoms with E-state index in [4.69, 9.17) is 0 Å². The molecule has 6 heteroatoms. The fraction of sp³-hybridized carbons (Fsp3) is 0.263. The van der Waals surface area contributed by atoms with Crippen molar-refractivity contribution in [2.24, 2.45) is 0 Å². The quantitative estimate of drug-likeness (QED) is 0.139. The summed E-state index contributed by atoms with van der Waals surface area (Å²) in [5.41, 5.74) is 7.22. The van der Waals surface area contributed by atoms with Gasteiger partial charge in [-0.2, -0.15) is 0 Å². The van der Waals surface area contributed by atoms with Crippen LogP contribution in [0.4, 0.5) is 5.69 Å². The van der Waals surface area contributed by atoms with Gasteiger partial charge < -0.3 is 10.2 Å². The SMILES string of the molecule is Cc1ccc(C)c(CN2C(=O)/C(=C/c3ccc(C(=O)NCCCN(Cc4ccccc4)C(C)C)cc3)Sc3ccccc32)c1. The van der Waals surface area contributed by atoms with Crippen molar-refractivity contribution in [3.8, 4) is 0 Å². The van der Waals surface area contributed by atoms with Gasteiger partial charge in [-0.1, -0.05) is 90.1 Å². The average molecular weight is 604 g/mol. The summed E-state index contributed by atoms with van der Waals surface area (Å²) in [5.74, 6) is -0.0979. The number of nitrogens with zero attached hydrogens (tertiary/aromatic N) is 2. The molecule has 226 valence electrons. The van der Waals surface area contributed by atoms with E-state index in [1.165, 1.54) is 28.5 Å². The molecule has 1 N–H and O–H groups in total. The third-order valence-corrected chi connectivity index (χ3v) is 9.08. The maximum absolute atomic E-state index is 13.8. The maximum Gasteiger partial charge on any atom is 0.265 e. The topological polar surface area (TPSA) is 52.7 Å². The zero-order valence-electron chi connectivity index (χ0n) is 26.0. The zero-order valence-corrected chi connectivity index (χ0v) is 26.9. The largest absolute Gasteiger partial charge is 0.352 e. The molecule has 0 unspecified atom stereocenters. The lowest BCUT2D eigenvalue weighted by molar-refractivity contribution is -0.114. The number of fused-ring (bicyclic) bond motifs is 1. The molecule has 1 aliphatic heterocycles. The van der Waals surface area contributed by atoms with Crippen LogP contribution >= 0.6 is 11.8 Å². The van der Waals surface area contributed by atoms with Crippen LogP contribution in [0.5, 0.6) is 0 Å². The molecule has 0 saturated heterocycles. The van der Waals surface area contributed by atoms with E-state index in [0.29, 0.717) is 29.6 Å². The highest BCUT2D eigenvalue weighted by Crippen LogP contribution is 2.42. The Morgan fingerprint density at radius 1 is 0.932 bits per heavy atom. The molecule has 0 fully saturated rings. The van der Waals surface area contributed by atoms with Crippen LogP contribution in [-0.2, 0) is 17.9 Å². The van der Waals surface area contributed by atoms with Gasteiger partial charge in [-0.15, -0.1) is 0 Å². The van der Waals surface area contributed by atoms with Gasteiger partial charge in [0.05, 0.1) is 17.1 Å². The Kier molecular flexibility index (Phi) is 10.4. The van der Waals surface area contributed by atoms with Gasteiger partial charge in [-0.25, -0.2) is 0 Å². The highest BCUT2D eigenvalue weighted by molar-refractivity contribution is 8.04. The van der Waals surface area contributed by atoms with Crippen molar-refractivity contribution < 1.29 is 9.59 Å². The van der Waals surface area contributed by atoms with Crippen molar-refractivity contribution in [1.82, 2.24) is 10.2 Å². The second-order valence-electron chi connectivity index (χ2n) is 11.7. The summed E-state index contributed by atoms with van der Waals surface area (Å²) in [6.07, 6.45) is 2.80. The molecule has 0 radical (unpaired) electrons. The van der Waals surface area contributed by atoms with Crippen molar-refractivity contribution in [1.29, 1.82) is 0 Å². The molecule has 0 bridgehead atoms. The third kappa shape index (κ3) is 7.87. The smallest absolute Gasteiger partial charge is 0.265 e. The summed E-state index contributed by atoms with van der Waals surface area (Å²) in [6.45, 7) is 11.5. The van der Waals surface area contributed by atoms with Crippen LogP contribution in [0.3, 0.4) is 0 Å². The lowest BCUT2D eigenvalue weighted by Crippen LogP contribution is -2.34. The molecule has 1 aliphatic rings. The summed E-state index contributed by atoms with van der Waals surface area (Å²) < 4.78 is 0. The van der Waals surface area contributed by atoms with Gasteiger partial charge in [0.25, 0.3) is 11.8 Å². The lowest BCUT2D eigenvalue weighted by Gasteiger charge is -2.31. The van der Waals surface area contributed by atoms with Gasteiger partial charge in [0.1, 0.15) is 0 Å². The van der Waals surface area contributed by atoms with E-state index < -0.39 is 0 Å². The molecule has 0 spiro atoms. The number of benzene rings is 4. The Bertz CT molecular complexity index is 1630. The minimum Gasteiger partial charge on any atom is -0.352 e. The Morgan fingerprint density at radius 3 is 2.41 bits per heavy atom. The van der Waals surface area contributed by atoms with Gasteiger partial charge in [0.15, 0.2) is 0 Å². The first-order valence-electron chi connectivity index (χ1n) is 15.3. The summed E-state index contributed by atoms with van der Waals surface area (Å²) in [5, 5.41) is 3.07. The number of carbonyl (C=O) groups excluding carboxylic acids is 2. The van der Waals surface area contributed by atoms with Crippen molar-refractivity contribution in [3.05, 3.63) is 135 Å². The minimum absolute atomic E-state index is 0.0147. The number of anilines is 1. The first-order valence-corrected chi connectivity index (χ1v) is 16.1. The van der Waals surface area contributed by atoms with E-state index in [-0.39, 0.29) is 11.8 Å². The monoisotopic (exact) mass is 603 g/mol. The van der Waals surface area contributed by atoms with Crippen LogP contribution in [-0.4, -0.2) is 35.8 Å². The molecule has 44 heavy (non-hydrogen) atoms. The van der Waals surface area contributed by atoms with Crippen LogP contribution in [0.15, 0.2) is 107 Å². The Hall–Kier alpha value is -4.13. The molecule has 2 amide bonds. The fourth-order valence-electron chi connectivity index (χ4n) is 5.37. The molecule has 5 nitrogen and oxygen atoms in total. The third-order valence-electron chi connectivity index (χ3n) is 8.00. The molecule has 1 heterocycles. The first-order chi connectivity index (χ1) is 21.3. The number of carbonyl (C=O) groups is 2. The summed E-state index contributed by atoms with van der Waals surface area (Å²) in [7, 11) is 0. The van der Waals surface area contributed by atoms with Crippen LogP contribution in [0.2, 0.25) is 0 Å². The normalized spacial score (nSPS) is 13.9. The predicted molar refractivity (Wildman–Crippen MR) is 183 cm³/mol. The van der Waals surface area contributed by atoms with Crippen LogP contribution in [0, 0.1) is 13.8 Å². The van der Waals surface area contributed by atoms with Gasteiger partial charge in [-0.05, 0) is 86.7 Å². The number of para-hydroxylation sites is 1. The van der Waals surface area contributed by atoms with E-state index in [1.807, 2.05) is 59.5 Å². The fourth-order valence-corrected chi connectivity index (χ4v) is 6.42. The first kappa shape index (κ1) is 31.3. The van der Waals surface area contributed by atoms with Gasteiger partial charge in [0, 0.05) is 36.1 Å². The van der Waals surface area contributed by atoms with Crippen molar-refractivity contribution in [2.75, 3.05) is 18.0 Å². The van der Waals surface area contributed by atoms with Gasteiger partial charge >= 0.3 is 0 Å². The van der Waals surface area contributed by atoms with Gasteiger partial charge in [0.2, 0.25) is 0 Å². The van der Waals surface area contributed by atoms with Crippen LogP contribution in [0.25, 0.3) is 6.08 Å². The zero-order chi connectivity index (χ0) is 31.1. The van der Waals surface area contributed by atoms with E-state index in [0.717, 1.165) is 41.2 Å². The molecule has 0 saturated carbocycles. The highest BCUT2D eigenvalue weighted by atomic mass is 32.2. The number of thioether (sulfide) groups is 1. The van der Waals surface area contributed by atoms with E-state index in [2.05, 4.69) is 86.4 Å². The molecule has 4 aromatic rings. The van der Waals surface area contributed by atoms with Crippen LogP contribution < -0.4 is 10.2 Å². The number of hydrogen-bond donors (Lipinski definition) is 1. The predicted octanol–water partition coefficient (Wildman–Crippen LogP) is 8.01. The summed E-state index contributed by atoms with van der Waals surface area (Å²) >= 11 is 1.50. The van der Waals surface area contributed by atoms with E-state index in [9.17, 15) is 9.59 Å². The molecule has 5 rings (SSSR count). The lowest BCUT2D eigenvalue weighted by atomic mass is 10.0. The molecule has 0 aromatic heterocycles. The average Bonchev–Trinajstić information content (AvgIpc) is 3.03. The van der Waals surface area contributed by atoms with Crippen molar-refractivity contribution in [3.63, 3.8) is 0 Å². The number of aryl methyl sites for hydroxylation is 2. The van der Waals surface area contributed by atoms with Crippen LogP contribution in [0.1, 0.15) is 58.4 Å². The van der Waals surface area contributed by atoms with Gasteiger partial charge in [-0.3, -0.25) is 14.5 Å². The molecular formula is C38H41N3O2S. The number of amides is 2.